The van der Waals surface area contributed by atoms with E-state index >= 15 is 0 Å². The van der Waals surface area contributed by atoms with Crippen LogP contribution in [0.5, 0.6) is 0 Å². The fourth-order valence-electron chi connectivity index (χ4n) is 0.430. The summed E-state index contributed by atoms with van der Waals surface area (Å²) in [6, 6.07) is 0. The van der Waals surface area contributed by atoms with Gasteiger partial charge in [-0.25, -0.2) is 0 Å². The molecule has 4 heteroatoms. The number of rotatable bonds is 1. The Kier molecular flexibility index (Phi) is 1.82. The van der Waals surface area contributed by atoms with E-state index in [2.05, 4.69) is 0 Å². The van der Waals surface area contributed by atoms with Crippen LogP contribution in [0.2, 0.25) is 0 Å². The van der Waals surface area contributed by atoms with Crippen molar-refractivity contribution in [1.82, 2.24) is 0 Å². The van der Waals surface area contributed by atoms with Gasteiger partial charge in [-0.1, -0.05) is 0 Å². The minimum Gasteiger partial charge on any atom is -0.531 e. The second kappa shape index (κ2) is 2.63. The molecule has 0 saturated carbocycles. The van der Waals surface area contributed by atoms with E-state index in [-0.39, 0.29) is 6.10 Å². The topological polar surface area (TPSA) is 35.5 Å². The molecule has 1 heterocycles. The molecule has 0 aromatic rings. The second-order valence-corrected chi connectivity index (χ2v) is 2.28. The van der Waals surface area contributed by atoms with Crippen LogP contribution in [0.1, 0.15) is 0 Å². The van der Waals surface area contributed by atoms with Gasteiger partial charge >= 0.3 is 10.0 Å². The van der Waals surface area contributed by atoms with Gasteiger partial charge in [-0.3, -0.25) is 0 Å². The van der Waals surface area contributed by atoms with Crippen LogP contribution >= 0.6 is 0 Å². The molecule has 0 N–H and O–H groups in total. The Morgan fingerprint density at radius 1 is 1.75 bits per heavy atom. The maximum absolute atomic E-state index is 9.95. The Hall–Kier alpha value is -0.613. The lowest BCUT2D eigenvalue weighted by Gasteiger charge is -2.11. The molecule has 1 atom stereocenters. The van der Waals surface area contributed by atoms with E-state index in [1.54, 1.807) is 6.08 Å². The quantitative estimate of drug-likeness (QED) is 0.341. The Morgan fingerprint density at radius 3 is 3.00 bits per heavy atom. The van der Waals surface area contributed by atoms with Crippen LogP contribution in [0.4, 0.5) is 0 Å². The molecule has 8 heavy (non-hydrogen) atoms. The van der Waals surface area contributed by atoms with Gasteiger partial charge in [0.15, 0.2) is 6.29 Å². The van der Waals surface area contributed by atoms with Crippen molar-refractivity contribution in [2.45, 2.75) is 6.10 Å². The van der Waals surface area contributed by atoms with Gasteiger partial charge in [-0.15, -0.1) is 0 Å². The molecule has 1 rings (SSSR count). The summed E-state index contributed by atoms with van der Waals surface area (Å²) in [7, 11) is -0.868. The van der Waals surface area contributed by atoms with E-state index in [0.29, 0.717) is 0 Å². The van der Waals surface area contributed by atoms with Crippen molar-refractivity contribution >= 4 is 16.3 Å². The molecule has 1 unspecified atom stereocenters. The van der Waals surface area contributed by atoms with Gasteiger partial charge < -0.3 is 13.6 Å². The average Bonchev–Trinajstić information content (AvgIpc) is 1.90. The van der Waals surface area contributed by atoms with Crippen molar-refractivity contribution in [3.63, 3.8) is 0 Å². The minimum atomic E-state index is -0.868. The van der Waals surface area contributed by atoms with Crippen LogP contribution < -0.4 is 0 Å². The highest BCUT2D eigenvalue weighted by molar-refractivity contribution is 6.19. The number of aldehydes is 1. The summed E-state index contributed by atoms with van der Waals surface area (Å²) < 4.78 is 9.67. The summed E-state index contributed by atoms with van der Waals surface area (Å²) in [5.74, 6) is 0. The molecule has 1 aliphatic heterocycles. The Morgan fingerprint density at radius 2 is 2.62 bits per heavy atom. The molecule has 0 aromatic heterocycles. The van der Waals surface area contributed by atoms with Gasteiger partial charge in [0.2, 0.25) is 0 Å². The summed E-state index contributed by atoms with van der Waals surface area (Å²) >= 11 is 0. The van der Waals surface area contributed by atoms with Crippen molar-refractivity contribution in [2.75, 3.05) is 0 Å². The van der Waals surface area contributed by atoms with Crippen LogP contribution in [0.25, 0.3) is 0 Å². The maximum atomic E-state index is 9.95. The largest absolute Gasteiger partial charge is 0.531 e. The molecule has 0 fully saturated rings. The monoisotopic (exact) mass is 130 g/mol. The summed E-state index contributed by atoms with van der Waals surface area (Å²) in [4.78, 5) is 9.95. The molecule has 3 nitrogen and oxygen atoms in total. The standard InChI is InChI=1S/C4H6O3Si/c5-3-4-1-2-6-8-7-4/h1-4H,8H2. The Bertz CT molecular complexity index is 112. The molecule has 0 bridgehead atoms. The summed E-state index contributed by atoms with van der Waals surface area (Å²) in [5.41, 5.74) is 0. The third-order valence-corrected chi connectivity index (χ3v) is 1.68. The number of carbonyl (C=O) groups is 1. The Balaban J connectivity index is 2.42. The third-order valence-electron chi connectivity index (χ3n) is 0.827. The molecule has 0 aliphatic carbocycles. The van der Waals surface area contributed by atoms with Crippen LogP contribution in [0, 0.1) is 0 Å². The first-order valence-electron chi connectivity index (χ1n) is 2.28. The van der Waals surface area contributed by atoms with Gasteiger partial charge in [0.1, 0.15) is 6.10 Å². The Labute approximate surface area is 49.3 Å². The van der Waals surface area contributed by atoms with E-state index in [0.717, 1.165) is 6.29 Å². The molecule has 0 spiro atoms. The van der Waals surface area contributed by atoms with Crippen LogP contribution in [0.15, 0.2) is 12.3 Å². The van der Waals surface area contributed by atoms with Crippen LogP contribution in [-0.4, -0.2) is 22.4 Å². The predicted octanol–water partition coefficient (Wildman–Crippen LogP) is -0.887. The van der Waals surface area contributed by atoms with E-state index in [1.807, 2.05) is 0 Å². The van der Waals surface area contributed by atoms with Gasteiger partial charge in [0, 0.05) is 0 Å². The first-order chi connectivity index (χ1) is 3.93. The zero-order valence-electron chi connectivity index (χ0n) is 4.24. The highest BCUT2D eigenvalue weighted by atomic mass is 28.3. The summed E-state index contributed by atoms with van der Waals surface area (Å²) in [5, 5.41) is 0. The van der Waals surface area contributed by atoms with Crippen molar-refractivity contribution in [1.29, 1.82) is 0 Å². The first-order valence-corrected chi connectivity index (χ1v) is 3.44. The first kappa shape index (κ1) is 5.52. The molecule has 0 amide bonds. The second-order valence-electron chi connectivity index (χ2n) is 1.38. The van der Waals surface area contributed by atoms with Crippen LogP contribution in [0.3, 0.4) is 0 Å². The SMILES string of the molecule is O=CC1C=CO[SiH2]O1. The van der Waals surface area contributed by atoms with E-state index < -0.39 is 10.0 Å². The van der Waals surface area contributed by atoms with Gasteiger partial charge in [-0.05, 0) is 6.08 Å². The summed E-state index contributed by atoms with van der Waals surface area (Å²) in [6.07, 6.45) is 3.53. The smallest absolute Gasteiger partial charge is 0.366 e. The number of hydrogen-bond donors (Lipinski definition) is 0. The maximum Gasteiger partial charge on any atom is 0.366 e. The average molecular weight is 130 g/mol. The highest BCUT2D eigenvalue weighted by Gasteiger charge is 2.05. The van der Waals surface area contributed by atoms with Gasteiger partial charge in [-0.2, -0.15) is 0 Å². The zero-order valence-corrected chi connectivity index (χ0v) is 5.66. The highest BCUT2D eigenvalue weighted by Crippen LogP contribution is 1.95. The van der Waals surface area contributed by atoms with E-state index in [9.17, 15) is 4.79 Å². The third kappa shape index (κ3) is 1.18. The molecule has 44 valence electrons. The molecular formula is C4H6O3Si. The van der Waals surface area contributed by atoms with Crippen molar-refractivity contribution in [2.24, 2.45) is 0 Å². The lowest BCUT2D eigenvalue weighted by atomic mass is 10.4. The van der Waals surface area contributed by atoms with Gasteiger partial charge in [0.25, 0.3) is 0 Å². The molecule has 0 radical (unpaired) electrons. The van der Waals surface area contributed by atoms with E-state index in [1.165, 1.54) is 6.26 Å². The van der Waals surface area contributed by atoms with Crippen LogP contribution in [-0.2, 0) is 13.6 Å². The lowest BCUT2D eigenvalue weighted by Crippen LogP contribution is -2.19. The van der Waals surface area contributed by atoms with Gasteiger partial charge in [0.05, 0.1) is 6.26 Å². The fraction of sp³-hybridized carbons (Fsp3) is 0.250. The molecule has 0 aromatic carbocycles. The molecule has 0 saturated heterocycles. The summed E-state index contributed by atoms with van der Waals surface area (Å²) in [6.45, 7) is 0. The van der Waals surface area contributed by atoms with Crippen molar-refractivity contribution in [3.8, 4) is 0 Å². The number of hydrogen-bond acceptors (Lipinski definition) is 3. The van der Waals surface area contributed by atoms with Crippen molar-refractivity contribution in [3.05, 3.63) is 12.3 Å². The lowest BCUT2D eigenvalue weighted by molar-refractivity contribution is -0.112. The molecule has 1 aliphatic rings. The minimum absolute atomic E-state index is 0.338. The normalized spacial score (nSPS) is 29.8. The zero-order chi connectivity index (χ0) is 5.82. The number of carbonyl (C=O) groups excluding carboxylic acids is 1. The fourth-order valence-corrected chi connectivity index (χ4v) is 1.05. The predicted molar refractivity (Wildman–Crippen MR) is 29.7 cm³/mol. The van der Waals surface area contributed by atoms with E-state index in [4.69, 9.17) is 8.85 Å². The van der Waals surface area contributed by atoms with Crippen molar-refractivity contribution < 1.29 is 13.6 Å². The molecular weight excluding hydrogens is 124 g/mol.